The number of hydrogen-bond donors (Lipinski definition) is 1. The average molecular weight is 447 g/mol. The Hall–Kier alpha value is -2.33. The lowest BCUT2D eigenvalue weighted by Gasteiger charge is -2.55. The van der Waals surface area contributed by atoms with Gasteiger partial charge in [0.25, 0.3) is 0 Å². The number of carbonyl (C=O) groups is 1. The molecule has 1 saturated heterocycles. The molecule has 2 aliphatic carbocycles. The van der Waals surface area contributed by atoms with Gasteiger partial charge in [0, 0.05) is 25.7 Å². The van der Waals surface area contributed by atoms with E-state index in [2.05, 4.69) is 62.9 Å². The number of phenolic OH excluding ortho intramolecular Hbond substituents is 1. The topological polar surface area (TPSA) is 43.8 Å². The Balaban J connectivity index is 1.42. The highest BCUT2D eigenvalue weighted by Gasteiger charge is 2.63. The van der Waals surface area contributed by atoms with Gasteiger partial charge < -0.3 is 10.0 Å². The molecule has 0 aromatic heterocycles. The second-order valence-electron chi connectivity index (χ2n) is 10.8. The number of hydrogen-bond acceptors (Lipinski definition) is 3. The molecule has 3 aliphatic rings. The van der Waals surface area contributed by atoms with Crippen molar-refractivity contribution < 1.29 is 9.90 Å². The van der Waals surface area contributed by atoms with Gasteiger partial charge in [0.05, 0.1) is 5.41 Å². The Morgan fingerprint density at radius 1 is 1.15 bits per heavy atom. The maximum Gasteiger partial charge on any atom is 0.233 e. The van der Waals surface area contributed by atoms with Crippen LogP contribution in [0.3, 0.4) is 0 Å². The van der Waals surface area contributed by atoms with Gasteiger partial charge in [-0.05, 0) is 85.7 Å². The summed E-state index contributed by atoms with van der Waals surface area (Å²) in [5.41, 5.74) is 3.65. The molecule has 2 fully saturated rings. The minimum Gasteiger partial charge on any atom is -0.508 e. The van der Waals surface area contributed by atoms with Crippen LogP contribution in [0.15, 0.2) is 48.5 Å². The van der Waals surface area contributed by atoms with E-state index in [1.54, 1.807) is 0 Å². The van der Waals surface area contributed by atoms with E-state index in [4.69, 9.17) is 0 Å². The van der Waals surface area contributed by atoms with Crippen molar-refractivity contribution in [1.82, 2.24) is 9.80 Å². The van der Waals surface area contributed by atoms with Crippen LogP contribution < -0.4 is 0 Å². The number of benzene rings is 2. The summed E-state index contributed by atoms with van der Waals surface area (Å²) in [6, 6.07) is 16.9. The Bertz CT molecular complexity index is 1030. The second-order valence-corrected chi connectivity index (χ2v) is 10.8. The molecule has 4 heteroatoms. The molecule has 0 unspecified atom stereocenters. The van der Waals surface area contributed by atoms with Crippen LogP contribution in [0.2, 0.25) is 0 Å². The van der Waals surface area contributed by atoms with E-state index in [-0.39, 0.29) is 10.8 Å². The predicted octanol–water partition coefficient (Wildman–Crippen LogP) is 4.74. The summed E-state index contributed by atoms with van der Waals surface area (Å²) in [7, 11) is 0. The van der Waals surface area contributed by atoms with Crippen molar-refractivity contribution in [1.29, 1.82) is 0 Å². The molecule has 1 heterocycles. The number of piperidine rings is 1. The highest BCUT2D eigenvalue weighted by atomic mass is 16.3. The molecule has 2 bridgehead atoms. The van der Waals surface area contributed by atoms with Gasteiger partial charge in [-0.1, -0.05) is 50.2 Å². The quantitative estimate of drug-likeness (QED) is 0.697. The van der Waals surface area contributed by atoms with Crippen molar-refractivity contribution in [2.75, 3.05) is 26.2 Å². The van der Waals surface area contributed by atoms with Crippen LogP contribution in [0, 0.1) is 11.8 Å². The molecule has 1 N–H and O–H groups in total. The van der Waals surface area contributed by atoms with Crippen LogP contribution in [0.4, 0.5) is 0 Å². The fraction of sp³-hybridized carbons (Fsp3) is 0.552. The van der Waals surface area contributed by atoms with Gasteiger partial charge in [-0.3, -0.25) is 9.69 Å². The largest absolute Gasteiger partial charge is 0.508 e. The normalized spacial score (nSPS) is 32.8. The maximum atomic E-state index is 13.8. The number of phenols is 1. The summed E-state index contributed by atoms with van der Waals surface area (Å²) >= 11 is 0. The average Bonchev–Trinajstić information content (AvgIpc) is 3.55. The molecular weight excluding hydrogens is 408 g/mol. The van der Waals surface area contributed by atoms with Gasteiger partial charge >= 0.3 is 0 Å². The SMILES string of the molecule is CCN(CC)C(=O)[C@@]1(c2ccccc2)C[C@H]1CN1CC[C@@]2(C)c3cc(O)ccc3C[C@@H]1[C@@H]2C. The zero-order valence-electron chi connectivity index (χ0n) is 20.6. The van der Waals surface area contributed by atoms with E-state index in [1.807, 2.05) is 23.1 Å². The Morgan fingerprint density at radius 3 is 2.58 bits per heavy atom. The minimum absolute atomic E-state index is 0.102. The number of rotatable bonds is 6. The van der Waals surface area contributed by atoms with Gasteiger partial charge in [-0.25, -0.2) is 0 Å². The first kappa shape index (κ1) is 22.5. The number of amides is 1. The number of nitrogens with zero attached hydrogens (tertiary/aromatic N) is 2. The molecule has 33 heavy (non-hydrogen) atoms. The zero-order valence-corrected chi connectivity index (χ0v) is 20.6. The fourth-order valence-electron chi connectivity index (χ4n) is 7.02. The van der Waals surface area contributed by atoms with Crippen molar-refractivity contribution in [3.8, 4) is 5.75 Å². The first-order valence-corrected chi connectivity index (χ1v) is 12.8. The van der Waals surface area contributed by atoms with E-state index < -0.39 is 0 Å². The van der Waals surface area contributed by atoms with Crippen LogP contribution >= 0.6 is 0 Å². The number of likely N-dealkylation sites (N-methyl/N-ethyl adjacent to an activating group) is 1. The van der Waals surface area contributed by atoms with E-state index in [0.717, 1.165) is 45.4 Å². The monoisotopic (exact) mass is 446 g/mol. The standard InChI is InChI=1S/C29H38N2O2/c1-5-30(6-2)27(33)29(22-10-8-7-9-11-22)18-23(29)19-31-15-14-28(4)20(3)26(31)16-21-12-13-24(32)17-25(21)28/h7-13,17,20,23,26,32H,5-6,14-16,18-19H2,1-4H3/t20-,23-,26+,28+,29+/m0/s1. The molecule has 2 aromatic rings. The smallest absolute Gasteiger partial charge is 0.233 e. The van der Waals surface area contributed by atoms with E-state index in [1.165, 1.54) is 16.7 Å². The molecule has 5 atom stereocenters. The summed E-state index contributed by atoms with van der Waals surface area (Å²) in [4.78, 5) is 18.5. The molecule has 2 aromatic carbocycles. The summed E-state index contributed by atoms with van der Waals surface area (Å²) in [6.07, 6.45) is 3.07. The molecule has 0 spiro atoms. The molecule has 4 nitrogen and oxygen atoms in total. The number of likely N-dealkylation sites (tertiary alicyclic amines) is 1. The third kappa shape index (κ3) is 3.41. The van der Waals surface area contributed by atoms with Crippen LogP contribution in [0.5, 0.6) is 5.75 Å². The predicted molar refractivity (Wildman–Crippen MR) is 132 cm³/mol. The van der Waals surface area contributed by atoms with Crippen molar-refractivity contribution in [2.24, 2.45) is 11.8 Å². The Labute approximate surface area is 198 Å². The molecule has 1 amide bonds. The maximum absolute atomic E-state index is 13.8. The van der Waals surface area contributed by atoms with Gasteiger partial charge in [-0.15, -0.1) is 0 Å². The molecule has 176 valence electrons. The lowest BCUT2D eigenvalue weighted by Crippen LogP contribution is -2.58. The van der Waals surface area contributed by atoms with Crippen LogP contribution in [-0.2, 0) is 22.0 Å². The third-order valence-electron chi connectivity index (χ3n) is 9.39. The molecule has 1 saturated carbocycles. The number of fused-ring (bicyclic) bond motifs is 4. The Morgan fingerprint density at radius 2 is 1.88 bits per heavy atom. The van der Waals surface area contributed by atoms with E-state index in [0.29, 0.717) is 29.5 Å². The summed E-state index contributed by atoms with van der Waals surface area (Å²) in [5.74, 6) is 1.57. The van der Waals surface area contributed by atoms with Crippen LogP contribution in [0.1, 0.15) is 57.2 Å². The molecule has 5 rings (SSSR count). The molecule has 0 radical (unpaired) electrons. The van der Waals surface area contributed by atoms with Crippen molar-refractivity contribution in [2.45, 2.75) is 63.8 Å². The van der Waals surface area contributed by atoms with Crippen LogP contribution in [-0.4, -0.2) is 53.0 Å². The first-order chi connectivity index (χ1) is 15.8. The molecule has 1 aliphatic heterocycles. The zero-order chi connectivity index (χ0) is 23.4. The van der Waals surface area contributed by atoms with E-state index >= 15 is 0 Å². The highest BCUT2D eigenvalue weighted by molar-refractivity contribution is 5.92. The lowest BCUT2D eigenvalue weighted by molar-refractivity contribution is -0.134. The fourth-order valence-corrected chi connectivity index (χ4v) is 7.02. The minimum atomic E-state index is -0.365. The summed E-state index contributed by atoms with van der Waals surface area (Å²) < 4.78 is 0. The summed E-state index contributed by atoms with van der Waals surface area (Å²) in [6.45, 7) is 12.5. The van der Waals surface area contributed by atoms with Gasteiger partial charge in [0.2, 0.25) is 5.91 Å². The van der Waals surface area contributed by atoms with Gasteiger partial charge in [0.1, 0.15) is 5.75 Å². The van der Waals surface area contributed by atoms with Crippen molar-refractivity contribution >= 4 is 5.91 Å². The number of aromatic hydroxyl groups is 1. The summed E-state index contributed by atoms with van der Waals surface area (Å²) in [5, 5.41) is 10.1. The van der Waals surface area contributed by atoms with Crippen molar-refractivity contribution in [3.05, 3.63) is 65.2 Å². The highest BCUT2D eigenvalue weighted by Crippen LogP contribution is 2.57. The third-order valence-corrected chi connectivity index (χ3v) is 9.39. The molecular formula is C29H38N2O2. The van der Waals surface area contributed by atoms with E-state index in [9.17, 15) is 9.90 Å². The number of carbonyl (C=O) groups excluding carboxylic acids is 1. The van der Waals surface area contributed by atoms with Crippen molar-refractivity contribution in [3.63, 3.8) is 0 Å². The first-order valence-electron chi connectivity index (χ1n) is 12.8. The van der Waals surface area contributed by atoms with Gasteiger partial charge in [0.15, 0.2) is 0 Å². The van der Waals surface area contributed by atoms with Crippen LogP contribution in [0.25, 0.3) is 0 Å². The Kier molecular flexibility index (Phi) is 5.55. The van der Waals surface area contributed by atoms with Gasteiger partial charge in [-0.2, -0.15) is 0 Å². The lowest BCUT2D eigenvalue weighted by atomic mass is 9.59. The second kappa shape index (κ2) is 8.16.